The van der Waals surface area contributed by atoms with Gasteiger partial charge in [0.05, 0.1) is 23.4 Å². The summed E-state index contributed by atoms with van der Waals surface area (Å²) in [6.45, 7) is 2.37. The smallest absolute Gasteiger partial charge is 0.336 e. The predicted octanol–water partition coefficient (Wildman–Crippen LogP) is 7.53. The number of likely N-dealkylation sites (N-methyl/N-ethyl adjacent to an activating group) is 1. The van der Waals surface area contributed by atoms with Crippen molar-refractivity contribution < 1.29 is 40.2 Å². The summed E-state index contributed by atoms with van der Waals surface area (Å²) >= 11 is 0.637. The third-order valence-corrected chi connectivity index (χ3v) is 8.75. The topological polar surface area (TPSA) is 58.4 Å². The second kappa shape index (κ2) is 15.5. The standard InChI is InChI=1S/C37H40F4N4O2S/c1-4-43(5-2)19-20-44(22-29-12-11-28(21-25(29)3)27-13-15-30(16-14-27)37(39,40)41)34(46)23-45-33-8-6-7-32(33)35(47)42-36(45)48-24-26-9-17-31(38)18-10-26/h9-18,21H,4-8,19-20,22-24H2,1-3H3/i9D,10D,11D,12D,13D,14D,15D,16D,17D,18D,21D,23D2. The van der Waals surface area contributed by atoms with E-state index in [-0.39, 0.29) is 59.0 Å². The summed E-state index contributed by atoms with van der Waals surface area (Å²) in [6.07, 6.45) is -4.50. The number of nitrogens with zero attached hydrogens (tertiary/aromatic N) is 4. The number of benzene rings is 3. The van der Waals surface area contributed by atoms with Crippen LogP contribution in [0, 0.1) is 12.7 Å². The highest BCUT2D eigenvalue weighted by molar-refractivity contribution is 7.98. The number of halogens is 4. The van der Waals surface area contributed by atoms with Crippen LogP contribution in [0.1, 0.15) is 71.6 Å². The number of thioether (sulfide) groups is 1. The van der Waals surface area contributed by atoms with Crippen molar-refractivity contribution in [3.63, 3.8) is 0 Å². The maximum atomic E-state index is 14.8. The molecule has 4 aromatic rings. The molecule has 48 heavy (non-hydrogen) atoms. The number of hydrogen-bond donors (Lipinski definition) is 0. The van der Waals surface area contributed by atoms with Crippen molar-refractivity contribution in [1.29, 1.82) is 0 Å². The Bertz CT molecular complexity index is 2410. The lowest BCUT2D eigenvalue weighted by Crippen LogP contribution is -2.40. The van der Waals surface area contributed by atoms with E-state index in [0.717, 1.165) is 9.47 Å². The minimum Gasteiger partial charge on any atom is -0.336 e. The van der Waals surface area contributed by atoms with Crippen molar-refractivity contribution in [2.24, 2.45) is 0 Å². The molecule has 3 aromatic carbocycles. The second-order valence-electron chi connectivity index (χ2n) is 10.9. The molecule has 0 radical (unpaired) electrons. The molecule has 6 nitrogen and oxygen atoms in total. The zero-order valence-corrected chi connectivity index (χ0v) is 27.2. The van der Waals surface area contributed by atoms with Gasteiger partial charge in [0, 0.05) is 36.6 Å². The van der Waals surface area contributed by atoms with Gasteiger partial charge in [0.15, 0.2) is 5.16 Å². The van der Waals surface area contributed by atoms with Gasteiger partial charge in [-0.25, -0.2) is 4.39 Å². The molecule has 0 fully saturated rings. The van der Waals surface area contributed by atoms with Crippen molar-refractivity contribution in [3.8, 4) is 11.1 Å². The summed E-state index contributed by atoms with van der Waals surface area (Å²) in [4.78, 5) is 35.0. The van der Waals surface area contributed by atoms with Gasteiger partial charge in [-0.05, 0) is 91.3 Å². The Morgan fingerprint density at radius 1 is 1.00 bits per heavy atom. The van der Waals surface area contributed by atoms with Gasteiger partial charge in [-0.15, -0.1) is 0 Å². The first-order valence-electron chi connectivity index (χ1n) is 21.7. The van der Waals surface area contributed by atoms with E-state index in [1.54, 1.807) is 0 Å². The molecule has 11 heteroatoms. The van der Waals surface area contributed by atoms with Crippen LogP contribution in [0.3, 0.4) is 0 Å². The fourth-order valence-corrected chi connectivity index (χ4v) is 5.92. The molecule has 0 unspecified atom stereocenters. The van der Waals surface area contributed by atoms with E-state index >= 15 is 0 Å². The van der Waals surface area contributed by atoms with E-state index in [0.29, 0.717) is 31.3 Å². The predicted molar refractivity (Wildman–Crippen MR) is 181 cm³/mol. The average Bonchev–Trinajstić information content (AvgIpc) is 3.70. The Balaban J connectivity index is 1.65. The molecule has 1 aliphatic rings. The third-order valence-electron chi connectivity index (χ3n) is 7.78. The molecule has 0 saturated carbocycles. The normalized spacial score (nSPS) is 17.0. The molecular weight excluding hydrogens is 640 g/mol. The molecule has 1 heterocycles. The highest BCUT2D eigenvalue weighted by Gasteiger charge is 2.30. The Hall–Kier alpha value is -3.96. The summed E-state index contributed by atoms with van der Waals surface area (Å²) in [5.41, 5.74) is -4.23. The summed E-state index contributed by atoms with van der Waals surface area (Å²) in [6, 6.07) is -10.7. The Labute approximate surface area is 301 Å². The fraction of sp³-hybridized carbons (Fsp3) is 0.378. The average molecular weight is 694 g/mol. The fourth-order valence-electron chi connectivity index (χ4n) is 5.07. The Kier molecular flexibility index (Phi) is 7.07. The van der Waals surface area contributed by atoms with Crippen LogP contribution < -0.4 is 5.56 Å². The monoisotopic (exact) mass is 693 g/mol. The van der Waals surface area contributed by atoms with E-state index < -0.39 is 125 Å². The van der Waals surface area contributed by atoms with Crippen LogP contribution in [0.25, 0.3) is 11.1 Å². The molecule has 0 bridgehead atoms. The highest BCUT2D eigenvalue weighted by atomic mass is 32.2. The minimum atomic E-state index is -5.26. The molecule has 0 atom stereocenters. The van der Waals surface area contributed by atoms with Crippen molar-refractivity contribution in [3.05, 3.63) is 116 Å². The number of rotatable bonds is 13. The first-order chi connectivity index (χ1) is 28.3. The molecule has 0 saturated heterocycles. The van der Waals surface area contributed by atoms with Gasteiger partial charge in [-0.1, -0.05) is 67.9 Å². The van der Waals surface area contributed by atoms with Crippen LogP contribution in [0.2, 0.25) is 0 Å². The van der Waals surface area contributed by atoms with E-state index in [1.807, 2.05) is 18.7 Å². The van der Waals surface area contributed by atoms with Gasteiger partial charge in [-0.2, -0.15) is 18.2 Å². The third kappa shape index (κ3) is 8.54. The number of hydrogen-bond acceptors (Lipinski definition) is 5. The Morgan fingerprint density at radius 3 is 2.35 bits per heavy atom. The van der Waals surface area contributed by atoms with Crippen molar-refractivity contribution in [2.45, 2.75) is 70.2 Å². The number of fused-ring (bicyclic) bond motifs is 1. The largest absolute Gasteiger partial charge is 0.416 e. The van der Waals surface area contributed by atoms with Crippen LogP contribution in [0.15, 0.2) is 76.4 Å². The van der Waals surface area contributed by atoms with Crippen molar-refractivity contribution >= 4 is 17.7 Å². The highest BCUT2D eigenvalue weighted by Crippen LogP contribution is 2.32. The summed E-state index contributed by atoms with van der Waals surface area (Å²) in [5, 5.41) is -0.353. The first kappa shape index (κ1) is 21.9. The molecular formula is C37H40F4N4O2S. The van der Waals surface area contributed by atoms with Crippen LogP contribution in [0.4, 0.5) is 17.6 Å². The van der Waals surface area contributed by atoms with Gasteiger partial charge in [0.25, 0.3) is 5.56 Å². The lowest BCUT2D eigenvalue weighted by molar-refractivity contribution is -0.137. The van der Waals surface area contributed by atoms with Crippen LogP contribution in [-0.2, 0) is 42.6 Å². The number of carbonyl (C=O) groups is 1. The number of alkyl halides is 3. The second-order valence-corrected chi connectivity index (χ2v) is 11.8. The lowest BCUT2D eigenvalue weighted by atomic mass is 9.98. The zero-order valence-electron chi connectivity index (χ0n) is 39.4. The molecule has 1 aliphatic carbocycles. The van der Waals surface area contributed by atoms with Crippen LogP contribution >= 0.6 is 11.8 Å². The van der Waals surface area contributed by atoms with Crippen LogP contribution in [0.5, 0.6) is 0 Å². The summed E-state index contributed by atoms with van der Waals surface area (Å²) < 4.78 is 167. The van der Waals surface area contributed by atoms with E-state index in [9.17, 15) is 29.9 Å². The van der Waals surface area contributed by atoms with E-state index in [1.165, 1.54) is 6.92 Å². The number of aromatic nitrogens is 2. The molecule has 0 N–H and O–H groups in total. The first-order valence-corrected chi connectivity index (χ1v) is 16.1. The molecule has 254 valence electrons. The Morgan fingerprint density at radius 2 is 1.69 bits per heavy atom. The quantitative estimate of drug-likeness (QED) is 0.0824. The molecule has 1 aromatic heterocycles. The number of carbonyl (C=O) groups excluding carboxylic acids is 1. The van der Waals surface area contributed by atoms with Gasteiger partial charge in [0.2, 0.25) is 5.91 Å². The van der Waals surface area contributed by atoms with Gasteiger partial charge in [0.1, 0.15) is 12.3 Å². The minimum absolute atomic E-state index is 0.115. The molecule has 0 spiro atoms. The van der Waals surface area contributed by atoms with Crippen molar-refractivity contribution in [2.75, 3.05) is 26.2 Å². The molecule has 1 amide bonds. The van der Waals surface area contributed by atoms with Gasteiger partial charge < -0.3 is 14.4 Å². The van der Waals surface area contributed by atoms with Crippen molar-refractivity contribution in [1.82, 2.24) is 19.4 Å². The number of amides is 1. The zero-order chi connectivity index (χ0) is 45.8. The molecule has 5 rings (SSSR count). The van der Waals surface area contributed by atoms with Gasteiger partial charge in [-0.3, -0.25) is 9.59 Å². The van der Waals surface area contributed by atoms with E-state index in [2.05, 4.69) is 4.98 Å². The summed E-state index contributed by atoms with van der Waals surface area (Å²) in [5.74, 6) is -3.02. The van der Waals surface area contributed by atoms with Gasteiger partial charge >= 0.3 is 6.18 Å². The maximum Gasteiger partial charge on any atom is 0.416 e. The van der Waals surface area contributed by atoms with E-state index in [4.69, 9.17) is 15.1 Å². The lowest BCUT2D eigenvalue weighted by Gasteiger charge is -2.28. The maximum absolute atomic E-state index is 14.8. The summed E-state index contributed by atoms with van der Waals surface area (Å²) in [7, 11) is 0. The van der Waals surface area contributed by atoms with Crippen LogP contribution in [-0.4, -0.2) is 51.4 Å². The molecule has 0 aliphatic heterocycles. The SMILES string of the molecule is [2H]c1c([2H])c(CSc2nc(=O)c3c(n2C([2H])([2H])C(=O)N(CCN(CC)CC)Cc2c([2H])c([2H])c(-c4c([2H])c([2H])c(C(F)(F)F)c([2H])c4[2H])c([2H])c2C)CCC3)c([2H])c([2H])c1F.